The molecule has 2 rings (SSSR count). The zero-order chi connectivity index (χ0) is 21.3. The van der Waals surface area contributed by atoms with E-state index in [9.17, 15) is 26.4 Å². The van der Waals surface area contributed by atoms with E-state index in [-0.39, 0.29) is 5.69 Å². The number of sulfonamides is 1. The third-order valence-electron chi connectivity index (χ3n) is 4.01. The Morgan fingerprint density at radius 2 is 1.64 bits per heavy atom. The highest BCUT2D eigenvalue weighted by Gasteiger charge is 2.34. The summed E-state index contributed by atoms with van der Waals surface area (Å²) in [5, 5.41) is 2.62. The summed E-state index contributed by atoms with van der Waals surface area (Å²) in [7, 11) is -4.03. The Hall–Kier alpha value is -2.55. The van der Waals surface area contributed by atoms with E-state index in [1.165, 1.54) is 13.0 Å². The van der Waals surface area contributed by atoms with Crippen molar-refractivity contribution in [3.8, 4) is 0 Å². The van der Waals surface area contributed by atoms with Crippen LogP contribution >= 0.6 is 0 Å². The lowest BCUT2D eigenvalue weighted by Crippen LogP contribution is -2.45. The standard InChI is InChI=1S/C19H21F3N2O3S/c1-12-8-13(2)10-16(9-12)23-18(25)14(3)24(28(4,26)27)17-7-5-6-15(11-17)19(20,21)22/h5-11,14H,1-4H3,(H,23,25)/t14-/m0/s1. The highest BCUT2D eigenvalue weighted by Crippen LogP contribution is 2.33. The first-order valence-corrected chi connectivity index (χ1v) is 10.2. The first-order valence-electron chi connectivity index (χ1n) is 8.35. The smallest absolute Gasteiger partial charge is 0.324 e. The van der Waals surface area contributed by atoms with E-state index in [0.29, 0.717) is 16.1 Å². The number of benzene rings is 2. The maximum Gasteiger partial charge on any atom is 0.416 e. The summed E-state index contributed by atoms with van der Waals surface area (Å²) < 4.78 is 64.2. The maximum atomic E-state index is 13.0. The lowest BCUT2D eigenvalue weighted by molar-refractivity contribution is -0.137. The number of anilines is 2. The lowest BCUT2D eigenvalue weighted by atomic mass is 10.1. The molecule has 1 N–H and O–H groups in total. The minimum absolute atomic E-state index is 0.236. The highest BCUT2D eigenvalue weighted by molar-refractivity contribution is 7.92. The predicted molar refractivity (Wildman–Crippen MR) is 103 cm³/mol. The van der Waals surface area contributed by atoms with Crippen LogP contribution in [-0.2, 0) is 21.0 Å². The number of hydrogen-bond donors (Lipinski definition) is 1. The molecule has 1 amide bonds. The molecule has 0 bridgehead atoms. The molecular formula is C19H21F3N2O3S. The van der Waals surface area contributed by atoms with Crippen molar-refractivity contribution >= 4 is 27.3 Å². The number of rotatable bonds is 5. The van der Waals surface area contributed by atoms with E-state index in [1.807, 2.05) is 19.9 Å². The molecule has 9 heteroatoms. The fourth-order valence-electron chi connectivity index (χ4n) is 2.92. The molecule has 2 aromatic rings. The molecule has 0 aliphatic rings. The quantitative estimate of drug-likeness (QED) is 0.801. The van der Waals surface area contributed by atoms with Crippen LogP contribution in [0.2, 0.25) is 0 Å². The topological polar surface area (TPSA) is 66.5 Å². The van der Waals surface area contributed by atoms with Crippen LogP contribution in [0.3, 0.4) is 0 Å². The van der Waals surface area contributed by atoms with Gasteiger partial charge in [0.1, 0.15) is 6.04 Å². The zero-order valence-electron chi connectivity index (χ0n) is 15.8. The van der Waals surface area contributed by atoms with Gasteiger partial charge in [-0.3, -0.25) is 9.10 Å². The van der Waals surface area contributed by atoms with Gasteiger partial charge in [0, 0.05) is 5.69 Å². The van der Waals surface area contributed by atoms with Gasteiger partial charge in [0.25, 0.3) is 0 Å². The molecule has 152 valence electrons. The molecule has 0 spiro atoms. The molecule has 0 aliphatic carbocycles. The maximum absolute atomic E-state index is 13.0. The average Bonchev–Trinajstić information content (AvgIpc) is 2.52. The third-order valence-corrected chi connectivity index (χ3v) is 5.25. The van der Waals surface area contributed by atoms with Gasteiger partial charge in [0.15, 0.2) is 0 Å². The largest absolute Gasteiger partial charge is 0.416 e. The SMILES string of the molecule is Cc1cc(C)cc(NC(=O)[C@H](C)N(c2cccc(C(F)(F)F)c2)S(C)(=O)=O)c1. The summed E-state index contributed by atoms with van der Waals surface area (Å²) in [6.45, 7) is 5.01. The van der Waals surface area contributed by atoms with E-state index in [2.05, 4.69) is 5.32 Å². The molecule has 0 saturated carbocycles. The molecule has 28 heavy (non-hydrogen) atoms. The fraction of sp³-hybridized carbons (Fsp3) is 0.316. The van der Waals surface area contributed by atoms with E-state index < -0.39 is 33.7 Å². The minimum Gasteiger partial charge on any atom is -0.324 e. The monoisotopic (exact) mass is 414 g/mol. The number of halogens is 3. The highest BCUT2D eigenvalue weighted by atomic mass is 32.2. The Balaban J connectivity index is 2.39. The number of alkyl halides is 3. The number of hydrogen-bond acceptors (Lipinski definition) is 3. The van der Waals surface area contributed by atoms with Crippen LogP contribution in [-0.4, -0.2) is 26.6 Å². The molecule has 5 nitrogen and oxygen atoms in total. The number of nitrogens with one attached hydrogen (secondary N) is 1. The van der Waals surface area contributed by atoms with Crippen LogP contribution in [0.5, 0.6) is 0 Å². The summed E-state index contributed by atoms with van der Waals surface area (Å²) in [6.07, 6.45) is -3.79. The van der Waals surface area contributed by atoms with Crippen LogP contribution in [0.4, 0.5) is 24.5 Å². The lowest BCUT2D eigenvalue weighted by Gasteiger charge is -2.28. The second-order valence-corrected chi connectivity index (χ2v) is 8.51. The molecule has 0 aliphatic heterocycles. The van der Waals surface area contributed by atoms with Crippen molar-refractivity contribution in [3.05, 3.63) is 59.2 Å². The Morgan fingerprint density at radius 1 is 1.07 bits per heavy atom. The fourth-order valence-corrected chi connectivity index (χ4v) is 4.09. The van der Waals surface area contributed by atoms with Gasteiger partial charge in [0.2, 0.25) is 15.9 Å². The first kappa shape index (κ1) is 21.7. The number of aryl methyl sites for hydroxylation is 2. The van der Waals surface area contributed by atoms with Crippen LogP contribution in [0.15, 0.2) is 42.5 Å². The van der Waals surface area contributed by atoms with Gasteiger partial charge in [-0.15, -0.1) is 0 Å². The van der Waals surface area contributed by atoms with Gasteiger partial charge < -0.3 is 5.32 Å². The van der Waals surface area contributed by atoms with E-state index in [4.69, 9.17) is 0 Å². The summed E-state index contributed by atoms with van der Waals surface area (Å²) in [4.78, 5) is 12.6. The van der Waals surface area contributed by atoms with Gasteiger partial charge in [-0.1, -0.05) is 12.1 Å². The normalized spacial score (nSPS) is 13.1. The molecule has 0 saturated heterocycles. The van der Waals surface area contributed by atoms with E-state index in [0.717, 1.165) is 29.5 Å². The van der Waals surface area contributed by atoms with Gasteiger partial charge in [-0.25, -0.2) is 8.42 Å². The Kier molecular flexibility index (Phi) is 6.08. The van der Waals surface area contributed by atoms with Crippen molar-refractivity contribution in [2.45, 2.75) is 33.0 Å². The van der Waals surface area contributed by atoms with Crippen LogP contribution in [0.1, 0.15) is 23.6 Å². The van der Waals surface area contributed by atoms with Crippen molar-refractivity contribution in [2.75, 3.05) is 15.9 Å². The Bertz CT molecular complexity index is 968. The molecule has 0 heterocycles. The second-order valence-electron chi connectivity index (χ2n) is 6.65. The first-order chi connectivity index (χ1) is 12.8. The van der Waals surface area contributed by atoms with Gasteiger partial charge in [-0.05, 0) is 62.2 Å². The summed E-state index contributed by atoms with van der Waals surface area (Å²) in [5.41, 5.74) is 1.05. The summed E-state index contributed by atoms with van der Waals surface area (Å²) in [6, 6.07) is 7.94. The number of carbonyl (C=O) groups is 1. The molecular weight excluding hydrogens is 393 g/mol. The summed E-state index contributed by atoms with van der Waals surface area (Å²) in [5.74, 6) is -0.659. The minimum atomic E-state index is -4.64. The van der Waals surface area contributed by atoms with Crippen LogP contribution in [0, 0.1) is 13.8 Å². The zero-order valence-corrected chi connectivity index (χ0v) is 16.6. The predicted octanol–water partition coefficient (Wildman–Crippen LogP) is 4.12. The number of nitrogens with zero attached hydrogens (tertiary/aromatic N) is 1. The third kappa shape index (κ3) is 5.25. The van der Waals surface area contributed by atoms with Crippen LogP contribution in [0.25, 0.3) is 0 Å². The number of amides is 1. The van der Waals surface area contributed by atoms with Crippen molar-refractivity contribution in [3.63, 3.8) is 0 Å². The van der Waals surface area contributed by atoms with Crippen molar-refractivity contribution in [1.82, 2.24) is 0 Å². The molecule has 2 aromatic carbocycles. The summed E-state index contributed by atoms with van der Waals surface area (Å²) >= 11 is 0. The molecule has 0 radical (unpaired) electrons. The second kappa shape index (κ2) is 7.83. The molecule has 0 unspecified atom stereocenters. The van der Waals surface area contributed by atoms with Crippen molar-refractivity contribution in [1.29, 1.82) is 0 Å². The van der Waals surface area contributed by atoms with Crippen LogP contribution < -0.4 is 9.62 Å². The Morgan fingerprint density at radius 3 is 2.14 bits per heavy atom. The van der Waals surface area contributed by atoms with E-state index >= 15 is 0 Å². The van der Waals surface area contributed by atoms with E-state index in [1.54, 1.807) is 12.1 Å². The molecule has 0 fully saturated rings. The average molecular weight is 414 g/mol. The van der Waals surface area contributed by atoms with Crippen molar-refractivity contribution in [2.24, 2.45) is 0 Å². The van der Waals surface area contributed by atoms with Crippen molar-refractivity contribution < 1.29 is 26.4 Å². The van der Waals surface area contributed by atoms with Gasteiger partial charge >= 0.3 is 6.18 Å². The Labute approximate surface area is 162 Å². The van der Waals surface area contributed by atoms with Gasteiger partial charge in [0.05, 0.1) is 17.5 Å². The molecule has 0 aromatic heterocycles. The molecule has 1 atom stereocenters. The number of carbonyl (C=O) groups excluding carboxylic acids is 1. The van der Waals surface area contributed by atoms with Gasteiger partial charge in [-0.2, -0.15) is 13.2 Å².